The average molecular weight is 287 g/mol. The maximum atomic E-state index is 11.9. The summed E-state index contributed by atoms with van der Waals surface area (Å²) in [5.74, 6) is 0. The topological polar surface area (TPSA) is 137 Å². The molecule has 9 nitrogen and oxygen atoms in total. The average Bonchev–Trinajstić information content (AvgIpc) is 2.65. The zero-order valence-electron chi connectivity index (χ0n) is 10.8. The van der Waals surface area contributed by atoms with Crippen molar-refractivity contribution in [3.05, 3.63) is 33.1 Å². The summed E-state index contributed by atoms with van der Waals surface area (Å²) in [4.78, 5) is 25.1. The van der Waals surface area contributed by atoms with Crippen molar-refractivity contribution in [2.75, 3.05) is 20.2 Å². The van der Waals surface area contributed by atoms with Gasteiger partial charge in [-0.1, -0.05) is 0 Å². The van der Waals surface area contributed by atoms with Gasteiger partial charge in [0.25, 0.3) is 5.56 Å². The number of ether oxygens (including phenoxy) is 1. The molecule has 112 valence electrons. The van der Waals surface area contributed by atoms with Gasteiger partial charge < -0.3 is 25.4 Å². The molecular formula is C11H17N3O6. The molecule has 4 atom stereocenters. The molecule has 2 rings (SSSR count). The van der Waals surface area contributed by atoms with E-state index in [0.717, 1.165) is 10.6 Å². The molecule has 20 heavy (non-hydrogen) atoms. The Morgan fingerprint density at radius 2 is 2.20 bits per heavy atom. The number of hydrogen-bond donors (Lipinski definition) is 5. The van der Waals surface area contributed by atoms with Gasteiger partial charge in [0, 0.05) is 18.8 Å². The number of aliphatic hydroxyl groups is 3. The molecule has 9 heteroatoms. The summed E-state index contributed by atoms with van der Waals surface area (Å²) in [7, 11) is 1.58. The van der Waals surface area contributed by atoms with E-state index in [1.165, 1.54) is 6.20 Å². The van der Waals surface area contributed by atoms with Crippen molar-refractivity contribution in [2.24, 2.45) is 0 Å². The minimum absolute atomic E-state index is 0.00627. The Morgan fingerprint density at radius 3 is 2.70 bits per heavy atom. The highest BCUT2D eigenvalue weighted by Crippen LogP contribution is 2.34. The number of aliphatic hydroxyl groups excluding tert-OH is 3. The molecule has 1 fully saturated rings. The maximum absolute atomic E-state index is 11.9. The predicted octanol–water partition coefficient (Wildman–Crippen LogP) is -3.48. The van der Waals surface area contributed by atoms with Gasteiger partial charge in [0.2, 0.25) is 0 Å². The molecule has 1 aromatic rings. The second-order valence-corrected chi connectivity index (χ2v) is 4.63. The Balaban J connectivity index is 2.55. The normalized spacial score (nSPS) is 33.5. The molecule has 1 aliphatic heterocycles. The van der Waals surface area contributed by atoms with Crippen molar-refractivity contribution in [1.82, 2.24) is 14.9 Å². The monoisotopic (exact) mass is 287 g/mol. The van der Waals surface area contributed by atoms with Crippen LogP contribution in [0, 0.1) is 0 Å². The fraction of sp³-hybridized carbons (Fsp3) is 0.636. The van der Waals surface area contributed by atoms with Crippen LogP contribution in [0.2, 0.25) is 0 Å². The number of hydrogen-bond acceptors (Lipinski definition) is 7. The first-order valence-electron chi connectivity index (χ1n) is 6.08. The van der Waals surface area contributed by atoms with Crippen molar-refractivity contribution >= 4 is 0 Å². The number of likely N-dealkylation sites (N-methyl/N-ethyl adjacent to an activating group) is 1. The van der Waals surface area contributed by atoms with Gasteiger partial charge in [0.1, 0.15) is 18.3 Å². The first kappa shape index (κ1) is 14.9. The Morgan fingerprint density at radius 1 is 1.50 bits per heavy atom. The van der Waals surface area contributed by atoms with Crippen LogP contribution in [-0.4, -0.2) is 63.4 Å². The lowest BCUT2D eigenvalue weighted by Crippen LogP contribution is -2.56. The highest BCUT2D eigenvalue weighted by atomic mass is 16.6. The molecule has 0 radical (unpaired) electrons. The van der Waals surface area contributed by atoms with Gasteiger partial charge in [-0.25, -0.2) is 4.79 Å². The van der Waals surface area contributed by atoms with E-state index in [2.05, 4.69) is 10.3 Å². The third-order valence-electron chi connectivity index (χ3n) is 3.36. The quantitative estimate of drug-likeness (QED) is 0.388. The first-order valence-corrected chi connectivity index (χ1v) is 6.08. The van der Waals surface area contributed by atoms with Gasteiger partial charge >= 0.3 is 5.69 Å². The van der Waals surface area contributed by atoms with Crippen molar-refractivity contribution < 1.29 is 20.1 Å². The zero-order chi connectivity index (χ0) is 14.9. The van der Waals surface area contributed by atoms with Crippen LogP contribution < -0.4 is 16.6 Å². The van der Waals surface area contributed by atoms with Crippen LogP contribution in [0.1, 0.15) is 0 Å². The minimum atomic E-state index is -1.61. The van der Waals surface area contributed by atoms with E-state index in [-0.39, 0.29) is 6.54 Å². The van der Waals surface area contributed by atoms with Crippen molar-refractivity contribution in [3.8, 4) is 0 Å². The Labute approximate surface area is 113 Å². The molecule has 0 spiro atoms. The summed E-state index contributed by atoms with van der Waals surface area (Å²) < 4.78 is 6.49. The van der Waals surface area contributed by atoms with E-state index in [9.17, 15) is 19.8 Å². The van der Waals surface area contributed by atoms with Crippen LogP contribution in [0.4, 0.5) is 0 Å². The highest BCUT2D eigenvalue weighted by Gasteiger charge is 2.55. The summed E-state index contributed by atoms with van der Waals surface area (Å²) >= 11 is 0. The van der Waals surface area contributed by atoms with Gasteiger partial charge in [-0.2, -0.15) is 0 Å². The number of nitrogens with zero attached hydrogens (tertiary/aromatic N) is 1. The van der Waals surface area contributed by atoms with Crippen LogP contribution in [0.15, 0.2) is 21.9 Å². The number of H-pyrrole nitrogens is 1. The van der Waals surface area contributed by atoms with E-state index in [1.807, 2.05) is 0 Å². The lowest BCUT2D eigenvalue weighted by Gasteiger charge is -2.33. The number of aromatic nitrogens is 2. The molecule has 0 saturated carbocycles. The molecule has 5 N–H and O–H groups in total. The van der Waals surface area contributed by atoms with Crippen LogP contribution in [0.25, 0.3) is 0 Å². The van der Waals surface area contributed by atoms with Gasteiger partial charge in [-0.3, -0.25) is 14.3 Å². The SMILES string of the molecule is CNC[C@@]1(n2ccc(=O)[nH]c2=O)O[C@H](CO)[C@@H](O)[C@H]1O. The molecule has 0 bridgehead atoms. The molecule has 1 aromatic heterocycles. The maximum Gasteiger partial charge on any atom is 0.330 e. The van der Waals surface area contributed by atoms with Gasteiger partial charge in [-0.05, 0) is 7.05 Å². The summed E-state index contributed by atoms with van der Waals surface area (Å²) in [5.41, 5.74) is -2.97. The molecule has 0 aromatic carbocycles. The van der Waals surface area contributed by atoms with Crippen molar-refractivity contribution in [2.45, 2.75) is 24.0 Å². The van der Waals surface area contributed by atoms with Gasteiger partial charge in [0.05, 0.1) is 6.61 Å². The third-order valence-corrected chi connectivity index (χ3v) is 3.36. The molecule has 0 amide bonds. The number of aromatic amines is 1. The minimum Gasteiger partial charge on any atom is -0.394 e. The fourth-order valence-corrected chi connectivity index (χ4v) is 2.42. The number of nitrogens with one attached hydrogen (secondary N) is 2. The molecule has 2 heterocycles. The molecular weight excluding hydrogens is 270 g/mol. The van der Waals surface area contributed by atoms with E-state index in [1.54, 1.807) is 7.05 Å². The molecule has 0 unspecified atom stereocenters. The van der Waals surface area contributed by atoms with E-state index in [4.69, 9.17) is 9.84 Å². The zero-order valence-corrected chi connectivity index (χ0v) is 10.8. The summed E-state index contributed by atoms with van der Waals surface area (Å²) in [5, 5.41) is 32.0. The summed E-state index contributed by atoms with van der Waals surface area (Å²) in [6, 6.07) is 1.10. The van der Waals surface area contributed by atoms with Crippen molar-refractivity contribution in [3.63, 3.8) is 0 Å². The Bertz CT molecular complexity index is 584. The fourth-order valence-electron chi connectivity index (χ4n) is 2.42. The lowest BCUT2D eigenvalue weighted by molar-refractivity contribution is -0.147. The second-order valence-electron chi connectivity index (χ2n) is 4.63. The van der Waals surface area contributed by atoms with Crippen LogP contribution in [0.3, 0.4) is 0 Å². The standard InChI is InChI=1S/C11H17N3O6/c1-12-5-11(9(18)8(17)6(4-15)20-11)14-3-2-7(16)13-10(14)19/h2-3,6,8-9,12,15,17-18H,4-5H2,1H3,(H,13,16,19)/t6-,8-,9-,11-/m1/s1. The van der Waals surface area contributed by atoms with E-state index in [0.29, 0.717) is 0 Å². The van der Waals surface area contributed by atoms with E-state index < -0.39 is 41.9 Å². The van der Waals surface area contributed by atoms with Crippen LogP contribution in [-0.2, 0) is 10.5 Å². The summed E-state index contributed by atoms with van der Waals surface area (Å²) in [6.45, 7) is -0.518. The molecule has 0 aliphatic carbocycles. The Kier molecular flexibility index (Phi) is 4.06. The smallest absolute Gasteiger partial charge is 0.330 e. The van der Waals surface area contributed by atoms with Gasteiger partial charge in [-0.15, -0.1) is 0 Å². The first-order chi connectivity index (χ1) is 9.46. The largest absolute Gasteiger partial charge is 0.394 e. The third kappa shape index (κ3) is 2.19. The second kappa shape index (κ2) is 5.46. The van der Waals surface area contributed by atoms with Gasteiger partial charge in [0.15, 0.2) is 5.72 Å². The van der Waals surface area contributed by atoms with Crippen molar-refractivity contribution in [1.29, 1.82) is 0 Å². The predicted molar refractivity (Wildman–Crippen MR) is 67.2 cm³/mol. The molecule has 1 saturated heterocycles. The van der Waals surface area contributed by atoms with E-state index >= 15 is 0 Å². The van der Waals surface area contributed by atoms with Crippen LogP contribution >= 0.6 is 0 Å². The lowest BCUT2D eigenvalue weighted by atomic mass is 10.0. The summed E-state index contributed by atoms with van der Waals surface area (Å²) in [6.07, 6.45) is -2.66. The Hall–Kier alpha value is -1.52. The van der Waals surface area contributed by atoms with Crippen LogP contribution in [0.5, 0.6) is 0 Å². The number of rotatable bonds is 4. The highest BCUT2D eigenvalue weighted by molar-refractivity contribution is 5.02. The molecule has 1 aliphatic rings.